The molecule has 0 unspecified atom stereocenters. The summed E-state index contributed by atoms with van der Waals surface area (Å²) in [6.45, 7) is 0. The molecular formula is C24H21NO4. The van der Waals surface area contributed by atoms with Crippen LogP contribution in [0.25, 0.3) is 0 Å². The van der Waals surface area contributed by atoms with Gasteiger partial charge in [-0.15, -0.1) is 0 Å². The minimum Gasteiger partial charge on any atom is -0.456 e. The Hall–Kier alpha value is -3.60. The molecule has 146 valence electrons. The fraction of sp³-hybridized carbons (Fsp3) is 0.167. The Morgan fingerprint density at radius 3 is 2.14 bits per heavy atom. The first-order valence-corrected chi connectivity index (χ1v) is 9.59. The van der Waals surface area contributed by atoms with Gasteiger partial charge in [-0.25, -0.2) is 4.79 Å². The average molecular weight is 387 g/mol. The highest BCUT2D eigenvalue weighted by atomic mass is 16.6. The zero-order valence-electron chi connectivity index (χ0n) is 15.8. The quantitative estimate of drug-likeness (QED) is 0.599. The Balaban J connectivity index is 1.57. The van der Waals surface area contributed by atoms with Crippen LogP contribution in [0.15, 0.2) is 84.9 Å². The monoisotopic (exact) mass is 387 g/mol. The van der Waals surface area contributed by atoms with E-state index in [1.54, 1.807) is 48.5 Å². The van der Waals surface area contributed by atoms with Gasteiger partial charge in [-0.3, -0.25) is 4.79 Å². The smallest absolute Gasteiger partial charge is 0.343 e. The van der Waals surface area contributed by atoms with Crippen molar-refractivity contribution in [3.8, 4) is 11.5 Å². The van der Waals surface area contributed by atoms with Gasteiger partial charge in [0.15, 0.2) is 0 Å². The molecule has 0 heterocycles. The number of esters is 1. The second-order valence-electron chi connectivity index (χ2n) is 6.89. The summed E-state index contributed by atoms with van der Waals surface area (Å²) in [5.74, 6) is 0.0572. The molecule has 5 heteroatoms. The summed E-state index contributed by atoms with van der Waals surface area (Å²) >= 11 is 0. The predicted octanol–water partition coefficient (Wildman–Crippen LogP) is 4.66. The van der Waals surface area contributed by atoms with Crippen LogP contribution in [0.2, 0.25) is 0 Å². The summed E-state index contributed by atoms with van der Waals surface area (Å²) in [5.41, 5.74) is 0.886. The SMILES string of the molecule is O=C(O[C@@H](C(=O)NC1CC1)c1ccccc1)c1ccccc1Oc1ccccc1. The molecule has 3 aromatic carbocycles. The Bertz CT molecular complexity index is 984. The molecule has 1 saturated carbocycles. The Morgan fingerprint density at radius 2 is 1.45 bits per heavy atom. The molecule has 3 aromatic rings. The highest BCUT2D eigenvalue weighted by molar-refractivity contribution is 5.95. The average Bonchev–Trinajstić information content (AvgIpc) is 3.57. The molecule has 0 saturated heterocycles. The van der Waals surface area contributed by atoms with Crippen molar-refractivity contribution in [2.24, 2.45) is 0 Å². The molecule has 0 aromatic heterocycles. The third kappa shape index (κ3) is 4.82. The number of carbonyl (C=O) groups excluding carboxylic acids is 2. The fourth-order valence-electron chi connectivity index (χ4n) is 2.92. The third-order valence-electron chi connectivity index (χ3n) is 4.57. The lowest BCUT2D eigenvalue weighted by atomic mass is 10.1. The van der Waals surface area contributed by atoms with Crippen LogP contribution in [0.3, 0.4) is 0 Å². The number of hydrogen-bond donors (Lipinski definition) is 1. The first kappa shape index (κ1) is 18.7. The van der Waals surface area contributed by atoms with E-state index in [4.69, 9.17) is 9.47 Å². The second kappa shape index (κ2) is 8.61. The fourth-order valence-corrected chi connectivity index (χ4v) is 2.92. The lowest BCUT2D eigenvalue weighted by Gasteiger charge is -2.19. The molecular weight excluding hydrogens is 366 g/mol. The van der Waals surface area contributed by atoms with E-state index in [0.717, 1.165) is 12.8 Å². The molecule has 29 heavy (non-hydrogen) atoms. The van der Waals surface area contributed by atoms with Gasteiger partial charge in [0, 0.05) is 11.6 Å². The highest BCUT2D eigenvalue weighted by Crippen LogP contribution is 2.28. The number of hydrogen-bond acceptors (Lipinski definition) is 4. The largest absolute Gasteiger partial charge is 0.456 e. The molecule has 1 amide bonds. The molecule has 5 nitrogen and oxygen atoms in total. The lowest BCUT2D eigenvalue weighted by Crippen LogP contribution is -2.33. The van der Waals surface area contributed by atoms with Gasteiger partial charge >= 0.3 is 5.97 Å². The lowest BCUT2D eigenvalue weighted by molar-refractivity contribution is -0.130. The Labute approximate surface area is 169 Å². The van der Waals surface area contributed by atoms with Crippen LogP contribution in [-0.2, 0) is 9.53 Å². The van der Waals surface area contributed by atoms with Crippen LogP contribution in [0.1, 0.15) is 34.9 Å². The first-order valence-electron chi connectivity index (χ1n) is 9.59. The minimum atomic E-state index is -1.02. The van der Waals surface area contributed by atoms with Gasteiger partial charge in [-0.2, -0.15) is 0 Å². The maximum atomic E-state index is 13.0. The van der Waals surface area contributed by atoms with E-state index in [1.165, 1.54) is 0 Å². The van der Waals surface area contributed by atoms with E-state index < -0.39 is 12.1 Å². The zero-order valence-corrected chi connectivity index (χ0v) is 15.8. The molecule has 0 bridgehead atoms. The van der Waals surface area contributed by atoms with Crippen molar-refractivity contribution in [3.05, 3.63) is 96.1 Å². The number of amides is 1. The minimum absolute atomic E-state index is 0.168. The Kier molecular flexibility index (Phi) is 5.56. The Morgan fingerprint density at radius 1 is 0.828 bits per heavy atom. The molecule has 1 atom stereocenters. The number of para-hydroxylation sites is 2. The topological polar surface area (TPSA) is 64.6 Å². The zero-order chi connectivity index (χ0) is 20.1. The van der Waals surface area contributed by atoms with Crippen LogP contribution in [-0.4, -0.2) is 17.9 Å². The van der Waals surface area contributed by atoms with E-state index in [1.807, 2.05) is 36.4 Å². The van der Waals surface area contributed by atoms with Crippen LogP contribution >= 0.6 is 0 Å². The van der Waals surface area contributed by atoms with Crippen molar-refractivity contribution in [2.75, 3.05) is 0 Å². The number of ether oxygens (including phenoxy) is 2. The van der Waals surface area contributed by atoms with E-state index >= 15 is 0 Å². The van der Waals surface area contributed by atoms with Crippen LogP contribution in [0.4, 0.5) is 0 Å². The number of nitrogens with one attached hydrogen (secondary N) is 1. The summed E-state index contributed by atoms with van der Waals surface area (Å²) in [6, 6.07) is 25.2. The molecule has 1 fully saturated rings. The van der Waals surface area contributed by atoms with E-state index in [9.17, 15) is 9.59 Å². The predicted molar refractivity (Wildman–Crippen MR) is 109 cm³/mol. The standard InChI is InChI=1S/C24H21NO4/c26-23(25-18-15-16-18)22(17-9-3-1-4-10-17)29-24(27)20-13-7-8-14-21(20)28-19-11-5-2-6-12-19/h1-14,18,22H,15-16H2,(H,25,26)/t22-/m1/s1. The van der Waals surface area contributed by atoms with Gasteiger partial charge in [-0.1, -0.05) is 60.7 Å². The molecule has 1 aliphatic rings. The van der Waals surface area contributed by atoms with E-state index in [-0.39, 0.29) is 17.5 Å². The maximum Gasteiger partial charge on any atom is 0.343 e. The van der Waals surface area contributed by atoms with Crippen LogP contribution < -0.4 is 10.1 Å². The van der Waals surface area contributed by atoms with Crippen molar-refractivity contribution in [2.45, 2.75) is 25.0 Å². The summed E-state index contributed by atoms with van der Waals surface area (Å²) in [7, 11) is 0. The van der Waals surface area contributed by atoms with Gasteiger partial charge in [0.1, 0.15) is 17.1 Å². The number of carbonyl (C=O) groups is 2. The van der Waals surface area contributed by atoms with Crippen molar-refractivity contribution in [1.29, 1.82) is 0 Å². The maximum absolute atomic E-state index is 13.0. The molecule has 1 N–H and O–H groups in total. The van der Waals surface area contributed by atoms with Gasteiger partial charge in [0.25, 0.3) is 5.91 Å². The highest BCUT2D eigenvalue weighted by Gasteiger charge is 2.31. The van der Waals surface area contributed by atoms with Crippen LogP contribution in [0, 0.1) is 0 Å². The van der Waals surface area contributed by atoms with Crippen LogP contribution in [0.5, 0.6) is 11.5 Å². The van der Waals surface area contributed by atoms with E-state index in [2.05, 4.69) is 5.32 Å². The number of rotatable bonds is 7. The molecule has 1 aliphatic carbocycles. The number of benzene rings is 3. The van der Waals surface area contributed by atoms with Crippen molar-refractivity contribution in [1.82, 2.24) is 5.32 Å². The summed E-state index contributed by atoms with van der Waals surface area (Å²) in [5, 5.41) is 2.92. The van der Waals surface area contributed by atoms with Gasteiger partial charge < -0.3 is 14.8 Å². The van der Waals surface area contributed by atoms with Gasteiger partial charge in [0.05, 0.1) is 0 Å². The molecule has 4 rings (SSSR count). The summed E-state index contributed by atoms with van der Waals surface area (Å²) in [4.78, 5) is 25.7. The van der Waals surface area contributed by atoms with Gasteiger partial charge in [-0.05, 0) is 37.1 Å². The second-order valence-corrected chi connectivity index (χ2v) is 6.89. The summed E-state index contributed by atoms with van der Waals surface area (Å²) in [6.07, 6.45) is 0.887. The van der Waals surface area contributed by atoms with Crippen molar-refractivity contribution in [3.63, 3.8) is 0 Å². The van der Waals surface area contributed by atoms with Crippen molar-refractivity contribution < 1.29 is 19.1 Å². The molecule has 0 aliphatic heterocycles. The normalized spacial score (nSPS) is 13.9. The first-order chi connectivity index (χ1) is 14.2. The van der Waals surface area contributed by atoms with Crippen molar-refractivity contribution >= 4 is 11.9 Å². The molecule has 0 radical (unpaired) electrons. The molecule has 0 spiro atoms. The van der Waals surface area contributed by atoms with E-state index in [0.29, 0.717) is 17.1 Å². The summed E-state index contributed by atoms with van der Waals surface area (Å²) < 4.78 is 11.5. The third-order valence-corrected chi connectivity index (χ3v) is 4.57. The van der Waals surface area contributed by atoms with Gasteiger partial charge in [0.2, 0.25) is 6.10 Å².